The number of sulfone groups is 1. The van der Waals surface area contributed by atoms with Gasteiger partial charge in [-0.15, -0.1) is 15.3 Å². The lowest BCUT2D eigenvalue weighted by molar-refractivity contribution is -0.146. The van der Waals surface area contributed by atoms with Crippen LogP contribution in [-0.2, 0) is 16.0 Å². The number of rotatable bonds is 2. The van der Waals surface area contributed by atoms with Gasteiger partial charge >= 0.3 is 6.18 Å². The maximum atomic E-state index is 12.7. The number of fused-ring (bicyclic) bond motifs is 1. The molecule has 2 aromatic heterocycles. The largest absolute Gasteiger partial charge is 0.453 e. The highest BCUT2D eigenvalue weighted by molar-refractivity contribution is 7.91. The van der Waals surface area contributed by atoms with Crippen LogP contribution in [0, 0.1) is 0 Å². The third-order valence-electron chi connectivity index (χ3n) is 3.10. The van der Waals surface area contributed by atoms with Gasteiger partial charge in [-0.1, -0.05) is 0 Å². The topological polar surface area (TPSA) is 89.2 Å². The second kappa shape index (κ2) is 4.55. The number of anilines is 1. The number of halogens is 3. The Labute approximate surface area is 117 Å². The first-order valence-corrected chi connectivity index (χ1v) is 7.83. The Morgan fingerprint density at radius 1 is 1.29 bits per heavy atom. The van der Waals surface area contributed by atoms with Crippen LogP contribution in [-0.4, -0.2) is 45.8 Å². The summed E-state index contributed by atoms with van der Waals surface area (Å²) in [6.07, 6.45) is -4.27. The zero-order chi connectivity index (χ0) is 15.3. The molecule has 2 aromatic rings. The first-order chi connectivity index (χ1) is 9.74. The molecule has 1 N–H and O–H groups in total. The SMILES string of the molecule is O=S1(=O)CC[C@@H](Nc2ccc3nnc(C(F)(F)F)n3n2)C1. The number of nitrogens with one attached hydrogen (secondary N) is 1. The quantitative estimate of drug-likeness (QED) is 0.878. The van der Waals surface area contributed by atoms with E-state index in [1.807, 2.05) is 0 Å². The number of alkyl halides is 3. The normalized spacial score (nSPS) is 21.8. The third-order valence-corrected chi connectivity index (χ3v) is 4.87. The molecule has 0 aliphatic carbocycles. The van der Waals surface area contributed by atoms with Crippen LogP contribution in [0.5, 0.6) is 0 Å². The van der Waals surface area contributed by atoms with E-state index in [-0.39, 0.29) is 29.0 Å². The van der Waals surface area contributed by atoms with Crippen molar-refractivity contribution in [2.24, 2.45) is 0 Å². The molecule has 7 nitrogen and oxygen atoms in total. The van der Waals surface area contributed by atoms with Gasteiger partial charge in [-0.3, -0.25) is 0 Å². The van der Waals surface area contributed by atoms with E-state index in [0.29, 0.717) is 10.9 Å². The maximum absolute atomic E-state index is 12.7. The van der Waals surface area contributed by atoms with Gasteiger partial charge in [-0.05, 0) is 18.6 Å². The molecule has 11 heteroatoms. The van der Waals surface area contributed by atoms with Crippen molar-refractivity contribution in [2.75, 3.05) is 16.8 Å². The van der Waals surface area contributed by atoms with Gasteiger partial charge in [0, 0.05) is 6.04 Å². The van der Waals surface area contributed by atoms with Gasteiger partial charge in [0.25, 0.3) is 5.82 Å². The third kappa shape index (κ3) is 2.77. The van der Waals surface area contributed by atoms with Crippen molar-refractivity contribution in [2.45, 2.75) is 18.6 Å². The highest BCUT2D eigenvalue weighted by Crippen LogP contribution is 2.27. The number of hydrogen-bond donors (Lipinski definition) is 1. The molecule has 0 aromatic carbocycles. The predicted molar refractivity (Wildman–Crippen MR) is 66.5 cm³/mol. The molecule has 0 amide bonds. The minimum Gasteiger partial charge on any atom is -0.365 e. The zero-order valence-electron chi connectivity index (χ0n) is 10.5. The fraction of sp³-hybridized carbons (Fsp3) is 0.500. The van der Waals surface area contributed by atoms with Gasteiger partial charge in [0.2, 0.25) is 0 Å². The highest BCUT2D eigenvalue weighted by atomic mass is 32.2. The van der Waals surface area contributed by atoms with Gasteiger partial charge in [-0.2, -0.15) is 17.7 Å². The standard InChI is InChI=1S/C10H10F3N5O2S/c11-10(12,13)9-16-15-8-2-1-7(17-18(8)9)14-6-3-4-21(19,20)5-6/h1-2,6H,3-5H2,(H,14,17)/t6-/m1/s1. The van der Waals surface area contributed by atoms with Crippen molar-refractivity contribution in [1.82, 2.24) is 19.8 Å². The van der Waals surface area contributed by atoms with Crippen molar-refractivity contribution in [3.8, 4) is 0 Å². The van der Waals surface area contributed by atoms with E-state index in [9.17, 15) is 21.6 Å². The Morgan fingerprint density at radius 2 is 2.05 bits per heavy atom. The van der Waals surface area contributed by atoms with Crippen molar-refractivity contribution >= 4 is 21.3 Å². The van der Waals surface area contributed by atoms with Crippen LogP contribution in [0.3, 0.4) is 0 Å². The molecular weight excluding hydrogens is 311 g/mol. The molecule has 1 aliphatic heterocycles. The number of aromatic nitrogens is 4. The monoisotopic (exact) mass is 321 g/mol. The van der Waals surface area contributed by atoms with E-state index in [1.54, 1.807) is 0 Å². The first-order valence-electron chi connectivity index (χ1n) is 6.01. The van der Waals surface area contributed by atoms with Gasteiger partial charge < -0.3 is 5.32 Å². The molecule has 1 atom stereocenters. The molecule has 1 saturated heterocycles. The van der Waals surface area contributed by atoms with E-state index in [1.165, 1.54) is 12.1 Å². The van der Waals surface area contributed by atoms with Gasteiger partial charge in [0.1, 0.15) is 5.82 Å². The lowest BCUT2D eigenvalue weighted by Crippen LogP contribution is -2.22. The lowest BCUT2D eigenvalue weighted by atomic mass is 10.2. The van der Waals surface area contributed by atoms with Gasteiger partial charge in [0.15, 0.2) is 15.5 Å². The van der Waals surface area contributed by atoms with E-state index >= 15 is 0 Å². The van der Waals surface area contributed by atoms with E-state index in [0.717, 1.165) is 0 Å². The summed E-state index contributed by atoms with van der Waals surface area (Å²) in [5.41, 5.74) is -0.0353. The average molecular weight is 321 g/mol. The molecule has 1 fully saturated rings. The summed E-state index contributed by atoms with van der Waals surface area (Å²) < 4.78 is 61.5. The first kappa shape index (κ1) is 14.0. The Kier molecular flexibility index (Phi) is 3.04. The van der Waals surface area contributed by atoms with Crippen molar-refractivity contribution < 1.29 is 21.6 Å². The predicted octanol–water partition coefficient (Wildman–Crippen LogP) is 0.742. The van der Waals surface area contributed by atoms with Crippen molar-refractivity contribution in [3.05, 3.63) is 18.0 Å². The maximum Gasteiger partial charge on any atom is 0.453 e. The van der Waals surface area contributed by atoms with Crippen LogP contribution in [0.25, 0.3) is 5.65 Å². The zero-order valence-corrected chi connectivity index (χ0v) is 11.3. The molecule has 3 rings (SSSR count). The smallest absolute Gasteiger partial charge is 0.365 e. The fourth-order valence-corrected chi connectivity index (χ4v) is 3.83. The summed E-state index contributed by atoms with van der Waals surface area (Å²) in [5, 5.41) is 13.1. The Morgan fingerprint density at radius 3 is 2.67 bits per heavy atom. The van der Waals surface area contributed by atoms with E-state index in [4.69, 9.17) is 0 Å². The van der Waals surface area contributed by atoms with Crippen LogP contribution in [0.4, 0.5) is 19.0 Å². The van der Waals surface area contributed by atoms with Gasteiger partial charge in [0.05, 0.1) is 11.5 Å². The van der Waals surface area contributed by atoms with Crippen LogP contribution >= 0.6 is 0 Å². The molecule has 0 saturated carbocycles. The summed E-state index contributed by atoms with van der Waals surface area (Å²) in [6, 6.07) is 2.42. The fourth-order valence-electron chi connectivity index (χ4n) is 2.16. The minimum absolute atomic E-state index is 0.0353. The van der Waals surface area contributed by atoms with Crippen LogP contribution in [0.15, 0.2) is 12.1 Å². The van der Waals surface area contributed by atoms with Gasteiger partial charge in [-0.25, -0.2) is 8.42 Å². The molecule has 21 heavy (non-hydrogen) atoms. The second-order valence-electron chi connectivity index (χ2n) is 4.75. The summed E-state index contributed by atoms with van der Waals surface area (Å²) in [6.45, 7) is 0. The van der Waals surface area contributed by atoms with E-state index in [2.05, 4.69) is 20.6 Å². The molecule has 0 unspecified atom stereocenters. The Balaban J connectivity index is 1.90. The molecule has 0 radical (unpaired) electrons. The molecule has 1 aliphatic rings. The summed E-state index contributed by atoms with van der Waals surface area (Å²) >= 11 is 0. The number of nitrogens with zero attached hydrogens (tertiary/aromatic N) is 4. The molecule has 114 valence electrons. The van der Waals surface area contributed by atoms with Crippen molar-refractivity contribution in [1.29, 1.82) is 0 Å². The van der Waals surface area contributed by atoms with Crippen LogP contribution in [0.2, 0.25) is 0 Å². The molecule has 3 heterocycles. The van der Waals surface area contributed by atoms with Crippen LogP contribution in [0.1, 0.15) is 12.2 Å². The van der Waals surface area contributed by atoms with Crippen LogP contribution < -0.4 is 5.32 Å². The highest BCUT2D eigenvalue weighted by Gasteiger charge is 2.37. The molecule has 0 spiro atoms. The summed E-state index contributed by atoms with van der Waals surface area (Å²) in [4.78, 5) is 0. The molecule has 0 bridgehead atoms. The minimum atomic E-state index is -4.66. The average Bonchev–Trinajstić information content (AvgIpc) is 2.91. The Bertz CT molecular complexity index is 786. The van der Waals surface area contributed by atoms with Crippen molar-refractivity contribution in [3.63, 3.8) is 0 Å². The summed E-state index contributed by atoms with van der Waals surface area (Å²) in [7, 11) is -3.08. The van der Waals surface area contributed by atoms with E-state index < -0.39 is 21.8 Å². The summed E-state index contributed by atoms with van der Waals surface area (Å²) in [5.74, 6) is -1.07. The Hall–Kier alpha value is -1.91. The molecular formula is C10H10F3N5O2S. The lowest BCUT2D eigenvalue weighted by Gasteiger charge is -2.11. The second-order valence-corrected chi connectivity index (χ2v) is 6.98. The number of hydrogen-bond acceptors (Lipinski definition) is 6.